The molecule has 0 spiro atoms. The Kier molecular flexibility index (Phi) is 5.88. The van der Waals surface area contributed by atoms with E-state index in [1.165, 1.54) is 40.5 Å². The standard InChI is InChI=1S/C27H20FN3O3S/c28-22-14-19(15-29-17-22)16-30-27(32)21-10-12-23(13-11-21)35(33,34)31-18-25(20-6-2-1-3-7-20)24-8-4-5-9-26(24)31/h1-15,17-18H,16H2,(H,30,32). The summed E-state index contributed by atoms with van der Waals surface area (Å²) in [6.07, 6.45) is 4.17. The topological polar surface area (TPSA) is 81.1 Å². The number of amides is 1. The third kappa shape index (κ3) is 4.43. The predicted molar refractivity (Wildman–Crippen MR) is 132 cm³/mol. The third-order valence-corrected chi connectivity index (χ3v) is 7.34. The van der Waals surface area contributed by atoms with Gasteiger partial charge >= 0.3 is 0 Å². The van der Waals surface area contributed by atoms with Crippen molar-refractivity contribution in [2.24, 2.45) is 0 Å². The fourth-order valence-electron chi connectivity index (χ4n) is 3.93. The number of fused-ring (bicyclic) bond motifs is 1. The predicted octanol–water partition coefficient (Wildman–Crippen LogP) is 5.01. The van der Waals surface area contributed by atoms with E-state index in [1.54, 1.807) is 18.3 Å². The second-order valence-electron chi connectivity index (χ2n) is 7.95. The van der Waals surface area contributed by atoms with Gasteiger partial charge in [0.15, 0.2) is 0 Å². The van der Waals surface area contributed by atoms with E-state index >= 15 is 0 Å². The van der Waals surface area contributed by atoms with Crippen LogP contribution in [0.4, 0.5) is 4.39 Å². The molecule has 5 aromatic rings. The van der Waals surface area contributed by atoms with E-state index in [9.17, 15) is 17.6 Å². The van der Waals surface area contributed by atoms with Crippen LogP contribution in [0.3, 0.4) is 0 Å². The molecule has 1 N–H and O–H groups in total. The first kappa shape index (κ1) is 22.5. The monoisotopic (exact) mass is 485 g/mol. The van der Waals surface area contributed by atoms with E-state index < -0.39 is 21.7 Å². The molecule has 0 saturated heterocycles. The maximum atomic E-state index is 13.5. The fraction of sp³-hybridized carbons (Fsp3) is 0.0370. The molecule has 2 aromatic heterocycles. The Balaban J connectivity index is 1.43. The van der Waals surface area contributed by atoms with Gasteiger partial charge in [-0.1, -0.05) is 48.5 Å². The van der Waals surface area contributed by atoms with Gasteiger partial charge in [-0.15, -0.1) is 0 Å². The van der Waals surface area contributed by atoms with Crippen LogP contribution in [-0.4, -0.2) is 23.3 Å². The van der Waals surface area contributed by atoms with Gasteiger partial charge in [0.1, 0.15) is 5.82 Å². The van der Waals surface area contributed by atoms with Crippen LogP contribution < -0.4 is 5.32 Å². The number of carbonyl (C=O) groups excluding carboxylic acids is 1. The van der Waals surface area contributed by atoms with Crippen LogP contribution >= 0.6 is 0 Å². The number of aromatic nitrogens is 2. The highest BCUT2D eigenvalue weighted by atomic mass is 32.2. The highest BCUT2D eigenvalue weighted by Gasteiger charge is 2.22. The molecule has 0 radical (unpaired) electrons. The van der Waals surface area contributed by atoms with Gasteiger partial charge in [-0.25, -0.2) is 16.8 Å². The van der Waals surface area contributed by atoms with Gasteiger partial charge in [0.05, 0.1) is 16.6 Å². The van der Waals surface area contributed by atoms with Gasteiger partial charge in [0.2, 0.25) is 0 Å². The molecule has 0 atom stereocenters. The lowest BCUT2D eigenvalue weighted by Crippen LogP contribution is -2.23. The van der Waals surface area contributed by atoms with Gasteiger partial charge in [-0.05, 0) is 47.5 Å². The lowest BCUT2D eigenvalue weighted by atomic mass is 10.1. The van der Waals surface area contributed by atoms with Gasteiger partial charge < -0.3 is 5.32 Å². The van der Waals surface area contributed by atoms with E-state index in [1.807, 2.05) is 42.5 Å². The summed E-state index contributed by atoms with van der Waals surface area (Å²) in [4.78, 5) is 16.3. The average molecular weight is 486 g/mol. The van der Waals surface area contributed by atoms with Crippen molar-refractivity contribution in [1.82, 2.24) is 14.3 Å². The van der Waals surface area contributed by atoms with Gasteiger partial charge in [0.25, 0.3) is 15.9 Å². The summed E-state index contributed by atoms with van der Waals surface area (Å²) in [5, 5.41) is 3.50. The molecule has 0 bridgehead atoms. The van der Waals surface area contributed by atoms with Crippen molar-refractivity contribution in [3.63, 3.8) is 0 Å². The third-order valence-electron chi connectivity index (χ3n) is 5.65. The van der Waals surface area contributed by atoms with Crippen LogP contribution in [0.15, 0.2) is 108 Å². The minimum atomic E-state index is -3.92. The van der Waals surface area contributed by atoms with Gasteiger partial charge in [-0.3, -0.25) is 9.78 Å². The normalized spacial score (nSPS) is 11.5. The van der Waals surface area contributed by atoms with Crippen molar-refractivity contribution in [3.8, 4) is 11.1 Å². The van der Waals surface area contributed by atoms with Crippen LogP contribution in [0, 0.1) is 5.82 Å². The quantitative estimate of drug-likeness (QED) is 0.367. The van der Waals surface area contributed by atoms with E-state index in [4.69, 9.17) is 0 Å². The number of hydrogen-bond donors (Lipinski definition) is 1. The molecule has 174 valence electrons. The van der Waals surface area contributed by atoms with Crippen molar-refractivity contribution in [1.29, 1.82) is 0 Å². The number of benzene rings is 3. The van der Waals surface area contributed by atoms with Gasteiger partial charge in [-0.2, -0.15) is 0 Å². The number of halogens is 1. The molecular formula is C27H20FN3O3S. The number of nitrogens with one attached hydrogen (secondary N) is 1. The zero-order valence-corrected chi connectivity index (χ0v) is 19.2. The van der Waals surface area contributed by atoms with Crippen LogP contribution in [0.1, 0.15) is 15.9 Å². The van der Waals surface area contributed by atoms with E-state index in [0.29, 0.717) is 11.1 Å². The molecule has 1 amide bonds. The van der Waals surface area contributed by atoms with E-state index in [0.717, 1.165) is 22.7 Å². The van der Waals surface area contributed by atoms with Crippen LogP contribution in [0.2, 0.25) is 0 Å². The summed E-state index contributed by atoms with van der Waals surface area (Å²) in [5.41, 5.74) is 3.10. The molecule has 6 nitrogen and oxygen atoms in total. The molecule has 0 saturated carbocycles. The lowest BCUT2D eigenvalue weighted by Gasteiger charge is -2.09. The Bertz CT molecular complexity index is 1630. The maximum Gasteiger partial charge on any atom is 0.268 e. The molecule has 0 aliphatic carbocycles. The number of hydrogen-bond acceptors (Lipinski definition) is 4. The molecule has 2 heterocycles. The number of rotatable bonds is 6. The first-order valence-electron chi connectivity index (χ1n) is 10.8. The number of pyridine rings is 1. The molecule has 0 fully saturated rings. The molecule has 0 aliphatic rings. The Morgan fingerprint density at radius 1 is 0.914 bits per heavy atom. The molecule has 35 heavy (non-hydrogen) atoms. The Hall–Kier alpha value is -4.30. The fourth-order valence-corrected chi connectivity index (χ4v) is 5.29. The van der Waals surface area contributed by atoms with Crippen molar-refractivity contribution < 1.29 is 17.6 Å². The molecule has 0 unspecified atom stereocenters. The molecule has 5 rings (SSSR count). The maximum absolute atomic E-state index is 13.5. The SMILES string of the molecule is O=C(NCc1cncc(F)c1)c1ccc(S(=O)(=O)n2cc(-c3ccccc3)c3ccccc32)cc1. The molecule has 0 aliphatic heterocycles. The Morgan fingerprint density at radius 2 is 1.63 bits per heavy atom. The van der Waals surface area contributed by atoms with Crippen molar-refractivity contribution in [3.05, 3.63) is 120 Å². The minimum absolute atomic E-state index is 0.0590. The number of carbonyl (C=O) groups is 1. The highest BCUT2D eigenvalue weighted by molar-refractivity contribution is 7.90. The highest BCUT2D eigenvalue weighted by Crippen LogP contribution is 2.32. The average Bonchev–Trinajstić information content (AvgIpc) is 3.29. The molecule has 8 heteroatoms. The number of nitrogens with zero attached hydrogens (tertiary/aromatic N) is 2. The Labute approximate surface area is 201 Å². The summed E-state index contributed by atoms with van der Waals surface area (Å²) in [5.74, 6) is -0.893. The summed E-state index contributed by atoms with van der Waals surface area (Å²) >= 11 is 0. The smallest absolute Gasteiger partial charge is 0.268 e. The summed E-state index contributed by atoms with van der Waals surface area (Å²) in [6, 6.07) is 23.9. The van der Waals surface area contributed by atoms with Crippen molar-refractivity contribution in [2.75, 3.05) is 0 Å². The second-order valence-corrected chi connectivity index (χ2v) is 9.76. The van der Waals surface area contributed by atoms with Crippen LogP contribution in [-0.2, 0) is 16.6 Å². The van der Waals surface area contributed by atoms with E-state index in [-0.39, 0.29) is 17.0 Å². The first-order valence-corrected chi connectivity index (χ1v) is 12.3. The zero-order valence-electron chi connectivity index (χ0n) is 18.4. The first-order chi connectivity index (χ1) is 16.9. The summed E-state index contributed by atoms with van der Waals surface area (Å²) in [7, 11) is -3.92. The molecule has 3 aromatic carbocycles. The summed E-state index contributed by atoms with van der Waals surface area (Å²) in [6.45, 7) is 0.0985. The van der Waals surface area contributed by atoms with E-state index in [2.05, 4.69) is 10.3 Å². The molecular weight excluding hydrogens is 465 g/mol. The van der Waals surface area contributed by atoms with Crippen LogP contribution in [0.25, 0.3) is 22.0 Å². The van der Waals surface area contributed by atoms with Gasteiger partial charge in [0, 0.05) is 35.5 Å². The largest absolute Gasteiger partial charge is 0.348 e. The minimum Gasteiger partial charge on any atom is -0.348 e. The zero-order chi connectivity index (χ0) is 24.4. The Morgan fingerprint density at radius 3 is 2.37 bits per heavy atom. The lowest BCUT2D eigenvalue weighted by molar-refractivity contribution is 0.0950. The van der Waals surface area contributed by atoms with Crippen molar-refractivity contribution >= 4 is 26.8 Å². The summed E-state index contributed by atoms with van der Waals surface area (Å²) < 4.78 is 41.6. The second kappa shape index (κ2) is 9.15. The van der Waals surface area contributed by atoms with Crippen molar-refractivity contribution in [2.45, 2.75) is 11.4 Å². The van der Waals surface area contributed by atoms with Crippen LogP contribution in [0.5, 0.6) is 0 Å². The number of para-hydroxylation sites is 1.